The Kier molecular flexibility index (Phi) is 40.1. The maximum Gasteiger partial charge on any atom is -0.00248 e. The molecule has 0 aliphatic carbocycles. The summed E-state index contributed by atoms with van der Waals surface area (Å²) in [6.07, 6.45) is 63.3. The van der Waals surface area contributed by atoms with Gasteiger partial charge in [-0.05, 0) is 97.2 Å². The average molecular weight is 654 g/mol. The van der Waals surface area contributed by atoms with Crippen molar-refractivity contribution < 1.29 is 0 Å². The second kappa shape index (κ2) is 41.1. The van der Waals surface area contributed by atoms with Crippen LogP contribution in [0.15, 0.2) is 48.6 Å². The molecule has 0 bridgehead atoms. The molecule has 0 N–H and O–H groups in total. The van der Waals surface area contributed by atoms with Crippen LogP contribution in [0.2, 0.25) is 0 Å². The highest BCUT2D eigenvalue weighted by Crippen LogP contribution is 2.24. The van der Waals surface area contributed by atoms with Crippen molar-refractivity contribution in [2.24, 2.45) is 5.92 Å². The number of unbranched alkanes of at least 4 members (excludes halogenated alkanes) is 22. The van der Waals surface area contributed by atoms with Gasteiger partial charge in [0.15, 0.2) is 0 Å². The predicted molar refractivity (Wildman–Crippen MR) is 218 cm³/mol. The van der Waals surface area contributed by atoms with E-state index in [1.54, 1.807) is 0 Å². The maximum absolute atomic E-state index is 2.41. The lowest BCUT2D eigenvalue weighted by molar-refractivity contribution is 0.352. The number of hydrogen-bond donors (Lipinski definition) is 0. The molecule has 0 aromatic rings. The Labute approximate surface area is 298 Å². The van der Waals surface area contributed by atoms with Crippen LogP contribution in [0, 0.1) is 5.92 Å². The van der Waals surface area contributed by atoms with Gasteiger partial charge in [-0.15, -0.1) is 0 Å². The quantitative estimate of drug-likeness (QED) is 0.0473. The molecule has 0 amide bonds. The Morgan fingerprint density at radius 3 is 0.979 bits per heavy atom. The largest absolute Gasteiger partial charge is 0.309 e. The van der Waals surface area contributed by atoms with E-state index >= 15 is 0 Å². The summed E-state index contributed by atoms with van der Waals surface area (Å²) in [4.78, 5) is 2.34. The van der Waals surface area contributed by atoms with E-state index in [0.29, 0.717) is 0 Å². The van der Waals surface area contributed by atoms with Crippen LogP contribution < -0.4 is 0 Å². The van der Waals surface area contributed by atoms with E-state index in [-0.39, 0.29) is 0 Å². The topological polar surface area (TPSA) is 3.24 Å². The van der Waals surface area contributed by atoms with Gasteiger partial charge < -0.3 is 4.90 Å². The van der Waals surface area contributed by atoms with Crippen molar-refractivity contribution >= 4 is 0 Å². The zero-order chi connectivity index (χ0) is 34.1. The van der Waals surface area contributed by atoms with Gasteiger partial charge in [0.2, 0.25) is 0 Å². The Balaban J connectivity index is 3.85. The highest BCUT2D eigenvalue weighted by molar-refractivity contribution is 4.93. The lowest BCUT2D eigenvalue weighted by Gasteiger charge is -2.17. The lowest BCUT2D eigenvalue weighted by atomic mass is 9.89. The van der Waals surface area contributed by atoms with Crippen LogP contribution in [-0.4, -0.2) is 25.5 Å². The molecule has 0 saturated heterocycles. The van der Waals surface area contributed by atoms with Crippen LogP contribution in [0.1, 0.15) is 219 Å². The highest BCUT2D eigenvalue weighted by atomic mass is 15.0. The van der Waals surface area contributed by atoms with E-state index in [1.165, 1.54) is 199 Å². The second-order valence-electron chi connectivity index (χ2n) is 15.0. The average Bonchev–Trinajstić information content (AvgIpc) is 3.06. The van der Waals surface area contributed by atoms with Crippen LogP contribution >= 0.6 is 0 Å². The highest BCUT2D eigenvalue weighted by Gasteiger charge is 2.09. The van der Waals surface area contributed by atoms with Crippen molar-refractivity contribution in [2.75, 3.05) is 20.6 Å². The van der Waals surface area contributed by atoms with E-state index in [0.717, 1.165) is 18.8 Å². The monoisotopic (exact) mass is 654 g/mol. The van der Waals surface area contributed by atoms with Crippen LogP contribution in [0.3, 0.4) is 0 Å². The third-order valence-electron chi connectivity index (χ3n) is 9.84. The van der Waals surface area contributed by atoms with E-state index in [4.69, 9.17) is 0 Å². The molecule has 276 valence electrons. The molecule has 1 atom stereocenters. The van der Waals surface area contributed by atoms with E-state index in [9.17, 15) is 0 Å². The SMILES string of the molecule is CCCCC/C=C\C/C=C\CCCCCCCCCCC(CCCCCCCC/C=C\C/C=C\CCCCC)CCCCCN(C)C. The molecule has 0 aromatic heterocycles. The second-order valence-corrected chi connectivity index (χ2v) is 15.0. The number of rotatable bonds is 38. The van der Waals surface area contributed by atoms with E-state index < -0.39 is 0 Å². The number of nitrogens with zero attached hydrogens (tertiary/aromatic N) is 1. The summed E-state index contributed by atoms with van der Waals surface area (Å²) in [5.74, 6) is 0.991. The third-order valence-corrected chi connectivity index (χ3v) is 9.84. The first-order valence-corrected chi connectivity index (χ1v) is 21.4. The summed E-state index contributed by atoms with van der Waals surface area (Å²) in [6, 6.07) is 0. The Morgan fingerprint density at radius 2 is 0.638 bits per heavy atom. The van der Waals surface area contributed by atoms with Crippen molar-refractivity contribution in [3.8, 4) is 0 Å². The van der Waals surface area contributed by atoms with Crippen molar-refractivity contribution in [3.63, 3.8) is 0 Å². The van der Waals surface area contributed by atoms with Gasteiger partial charge in [0, 0.05) is 0 Å². The molecule has 47 heavy (non-hydrogen) atoms. The minimum absolute atomic E-state index is 0.991. The molecular formula is C46H87N. The minimum atomic E-state index is 0.991. The molecule has 0 aliphatic heterocycles. The van der Waals surface area contributed by atoms with Gasteiger partial charge in [0.05, 0.1) is 0 Å². The molecule has 0 spiro atoms. The van der Waals surface area contributed by atoms with Gasteiger partial charge in [-0.2, -0.15) is 0 Å². The van der Waals surface area contributed by atoms with Crippen molar-refractivity contribution in [1.82, 2.24) is 4.90 Å². The predicted octanol–water partition coefficient (Wildman–Crippen LogP) is 15.9. The van der Waals surface area contributed by atoms with Gasteiger partial charge in [-0.25, -0.2) is 0 Å². The Morgan fingerprint density at radius 1 is 0.340 bits per heavy atom. The fourth-order valence-corrected chi connectivity index (χ4v) is 6.67. The summed E-state index contributed by atoms with van der Waals surface area (Å²) < 4.78 is 0. The van der Waals surface area contributed by atoms with Gasteiger partial charge in [0.1, 0.15) is 0 Å². The molecule has 0 rings (SSSR count). The number of allylic oxidation sites excluding steroid dienone is 8. The Hall–Kier alpha value is -1.08. The molecular weight excluding hydrogens is 567 g/mol. The molecule has 1 heteroatoms. The fourth-order valence-electron chi connectivity index (χ4n) is 6.67. The smallest absolute Gasteiger partial charge is 0.00248 e. The van der Waals surface area contributed by atoms with Gasteiger partial charge in [-0.3, -0.25) is 0 Å². The molecule has 0 saturated carbocycles. The van der Waals surface area contributed by atoms with E-state index in [1.807, 2.05) is 0 Å². The first-order valence-electron chi connectivity index (χ1n) is 21.4. The van der Waals surface area contributed by atoms with Crippen LogP contribution in [0.25, 0.3) is 0 Å². The Bertz CT molecular complexity index is 683. The zero-order valence-corrected chi connectivity index (χ0v) is 33.0. The molecule has 0 aliphatic rings. The molecule has 0 aromatic carbocycles. The van der Waals surface area contributed by atoms with Crippen molar-refractivity contribution in [3.05, 3.63) is 48.6 Å². The molecule has 1 unspecified atom stereocenters. The van der Waals surface area contributed by atoms with Gasteiger partial charge in [0.25, 0.3) is 0 Å². The lowest BCUT2D eigenvalue weighted by Crippen LogP contribution is -2.12. The summed E-state index contributed by atoms with van der Waals surface area (Å²) in [5, 5.41) is 0. The van der Waals surface area contributed by atoms with Crippen LogP contribution in [0.5, 0.6) is 0 Å². The summed E-state index contributed by atoms with van der Waals surface area (Å²) in [6.45, 7) is 5.81. The van der Waals surface area contributed by atoms with E-state index in [2.05, 4.69) is 81.5 Å². The van der Waals surface area contributed by atoms with Crippen LogP contribution in [0.4, 0.5) is 0 Å². The molecule has 0 fully saturated rings. The van der Waals surface area contributed by atoms with Gasteiger partial charge >= 0.3 is 0 Å². The summed E-state index contributed by atoms with van der Waals surface area (Å²) >= 11 is 0. The first kappa shape index (κ1) is 45.9. The minimum Gasteiger partial charge on any atom is -0.309 e. The fraction of sp³-hybridized carbons (Fsp3) is 0.826. The molecule has 0 radical (unpaired) electrons. The summed E-state index contributed by atoms with van der Waals surface area (Å²) in [5.41, 5.74) is 0. The van der Waals surface area contributed by atoms with Crippen LogP contribution in [-0.2, 0) is 0 Å². The third kappa shape index (κ3) is 41.0. The number of hydrogen-bond acceptors (Lipinski definition) is 1. The maximum atomic E-state index is 2.41. The standard InChI is InChI=1S/C46H87N/c1-5-7-9-11-13-15-17-19-21-23-24-26-28-30-32-34-36-39-43-46(44-40-37-41-45-47(3)4)42-38-35-33-31-29-27-25-22-20-18-16-14-12-10-8-6-2/h13-16,19-22,46H,5-12,17-18,23-45H2,1-4H3/b15-13-,16-14-,21-19-,22-20-. The molecule has 1 nitrogen and oxygen atoms in total. The molecule has 0 heterocycles. The normalized spacial score (nSPS) is 13.1. The summed E-state index contributed by atoms with van der Waals surface area (Å²) in [7, 11) is 4.42. The van der Waals surface area contributed by atoms with Crippen molar-refractivity contribution in [2.45, 2.75) is 219 Å². The first-order chi connectivity index (χ1) is 23.2. The zero-order valence-electron chi connectivity index (χ0n) is 33.0. The van der Waals surface area contributed by atoms with Crippen molar-refractivity contribution in [1.29, 1.82) is 0 Å². The van der Waals surface area contributed by atoms with Gasteiger partial charge in [-0.1, -0.05) is 197 Å².